The minimum atomic E-state index is -0.758. The van der Waals surface area contributed by atoms with Crippen LogP contribution in [-0.2, 0) is 4.74 Å². The third-order valence-electron chi connectivity index (χ3n) is 4.70. The molecular weight excluding hydrogens is 372 g/mol. The third-order valence-corrected chi connectivity index (χ3v) is 4.70. The fourth-order valence-corrected chi connectivity index (χ4v) is 3.22. The van der Waals surface area contributed by atoms with Crippen molar-refractivity contribution in [3.63, 3.8) is 0 Å². The number of nitrogens with zero attached hydrogens (tertiary/aromatic N) is 1. The maximum atomic E-state index is 12.7. The molecule has 1 N–H and O–H groups in total. The molecule has 4 rings (SSSR count). The third kappa shape index (κ3) is 3.47. The van der Waals surface area contributed by atoms with Crippen LogP contribution in [0.1, 0.15) is 41.9 Å². The van der Waals surface area contributed by atoms with Gasteiger partial charge in [-0.25, -0.2) is 9.78 Å². The zero-order chi connectivity index (χ0) is 20.5. The van der Waals surface area contributed by atoms with Crippen molar-refractivity contribution in [3.05, 3.63) is 70.0 Å². The summed E-state index contributed by atoms with van der Waals surface area (Å²) >= 11 is 0. The summed E-state index contributed by atoms with van der Waals surface area (Å²) in [5.41, 5.74) is 1.50. The molecule has 7 nitrogen and oxygen atoms in total. The number of aromatic amines is 1. The number of hydrogen-bond acceptors (Lipinski definition) is 6. The summed E-state index contributed by atoms with van der Waals surface area (Å²) < 4.78 is 16.7. The van der Waals surface area contributed by atoms with Gasteiger partial charge >= 0.3 is 5.97 Å². The maximum Gasteiger partial charge on any atom is 0.375 e. The van der Waals surface area contributed by atoms with E-state index in [0.717, 1.165) is 5.39 Å². The van der Waals surface area contributed by atoms with Crippen LogP contribution in [0.2, 0.25) is 0 Å². The highest BCUT2D eigenvalue weighted by atomic mass is 16.6. The largest absolute Gasteiger partial charge is 0.494 e. The number of H-pyrrole nitrogens is 1. The Bertz CT molecular complexity index is 1270. The van der Waals surface area contributed by atoms with E-state index in [2.05, 4.69) is 9.97 Å². The zero-order valence-corrected chi connectivity index (χ0v) is 16.3. The van der Waals surface area contributed by atoms with E-state index >= 15 is 0 Å². The Balaban J connectivity index is 1.62. The molecule has 0 saturated heterocycles. The van der Waals surface area contributed by atoms with E-state index in [4.69, 9.17) is 13.9 Å². The SMILES string of the molecule is CCOc1ccc2oc(C(=O)O[C@@H](C)c3nc4ccccc4c(=O)[nH]3)c(C)c2c1. The van der Waals surface area contributed by atoms with Crippen LogP contribution in [-0.4, -0.2) is 22.5 Å². The van der Waals surface area contributed by atoms with Crippen LogP contribution in [0.5, 0.6) is 5.75 Å². The first-order chi connectivity index (χ1) is 14.0. The van der Waals surface area contributed by atoms with Gasteiger partial charge in [-0.1, -0.05) is 12.1 Å². The number of furan rings is 1. The summed E-state index contributed by atoms with van der Waals surface area (Å²) in [5.74, 6) is 0.466. The molecule has 0 radical (unpaired) electrons. The van der Waals surface area contributed by atoms with Crippen molar-refractivity contribution in [1.29, 1.82) is 0 Å². The number of carbonyl (C=O) groups is 1. The molecule has 0 bridgehead atoms. The normalized spacial score (nSPS) is 12.2. The van der Waals surface area contributed by atoms with Crippen LogP contribution in [0.3, 0.4) is 0 Å². The van der Waals surface area contributed by atoms with Gasteiger partial charge in [-0.2, -0.15) is 0 Å². The number of nitrogens with one attached hydrogen (secondary N) is 1. The zero-order valence-electron chi connectivity index (χ0n) is 16.3. The molecule has 0 spiro atoms. The average Bonchev–Trinajstić information content (AvgIpc) is 3.04. The quantitative estimate of drug-likeness (QED) is 0.509. The molecule has 0 saturated carbocycles. The van der Waals surface area contributed by atoms with Crippen molar-refractivity contribution >= 4 is 27.8 Å². The lowest BCUT2D eigenvalue weighted by molar-refractivity contribution is 0.0285. The molecule has 2 heterocycles. The van der Waals surface area contributed by atoms with Crippen molar-refractivity contribution in [2.24, 2.45) is 0 Å². The lowest BCUT2D eigenvalue weighted by atomic mass is 10.1. The first-order valence-corrected chi connectivity index (χ1v) is 9.33. The minimum absolute atomic E-state index is 0.114. The van der Waals surface area contributed by atoms with Crippen LogP contribution < -0.4 is 10.3 Å². The molecule has 2 aromatic carbocycles. The van der Waals surface area contributed by atoms with Crippen LogP contribution in [0, 0.1) is 6.92 Å². The number of benzene rings is 2. The van der Waals surface area contributed by atoms with Crippen molar-refractivity contribution in [1.82, 2.24) is 9.97 Å². The number of ether oxygens (including phenoxy) is 2. The molecule has 2 aromatic heterocycles. The van der Waals surface area contributed by atoms with E-state index in [1.54, 1.807) is 50.2 Å². The monoisotopic (exact) mass is 392 g/mol. The summed E-state index contributed by atoms with van der Waals surface area (Å²) in [7, 11) is 0. The highest BCUT2D eigenvalue weighted by molar-refractivity contribution is 5.96. The van der Waals surface area contributed by atoms with E-state index in [9.17, 15) is 9.59 Å². The molecular formula is C22H20N2O5. The number of aromatic nitrogens is 2. The van der Waals surface area contributed by atoms with E-state index < -0.39 is 12.1 Å². The van der Waals surface area contributed by atoms with Gasteiger partial charge in [-0.15, -0.1) is 0 Å². The van der Waals surface area contributed by atoms with Gasteiger partial charge in [0.05, 0.1) is 17.5 Å². The predicted molar refractivity (Wildman–Crippen MR) is 108 cm³/mol. The maximum absolute atomic E-state index is 12.7. The molecule has 4 aromatic rings. The van der Waals surface area contributed by atoms with Crippen molar-refractivity contribution in [2.75, 3.05) is 6.61 Å². The molecule has 29 heavy (non-hydrogen) atoms. The van der Waals surface area contributed by atoms with Gasteiger partial charge in [0.25, 0.3) is 5.56 Å². The predicted octanol–water partition coefficient (Wildman–Crippen LogP) is 4.29. The summed E-state index contributed by atoms with van der Waals surface area (Å²) in [5, 5.41) is 1.26. The molecule has 0 aliphatic carbocycles. The number of hydrogen-bond donors (Lipinski definition) is 1. The van der Waals surface area contributed by atoms with Crippen LogP contribution in [0.4, 0.5) is 0 Å². The second-order valence-electron chi connectivity index (χ2n) is 6.66. The van der Waals surface area contributed by atoms with E-state index in [0.29, 0.717) is 34.4 Å². The first kappa shape index (κ1) is 18.7. The van der Waals surface area contributed by atoms with Crippen molar-refractivity contribution in [2.45, 2.75) is 26.9 Å². The van der Waals surface area contributed by atoms with Gasteiger partial charge in [0.1, 0.15) is 11.3 Å². The number of carbonyl (C=O) groups excluding carboxylic acids is 1. The summed E-state index contributed by atoms with van der Waals surface area (Å²) in [6.07, 6.45) is -0.758. The average molecular weight is 392 g/mol. The Morgan fingerprint density at radius 3 is 2.79 bits per heavy atom. The first-order valence-electron chi connectivity index (χ1n) is 9.33. The topological polar surface area (TPSA) is 94.4 Å². The van der Waals surface area contributed by atoms with E-state index in [1.807, 2.05) is 13.0 Å². The van der Waals surface area contributed by atoms with E-state index in [-0.39, 0.29) is 17.1 Å². The van der Waals surface area contributed by atoms with Crippen LogP contribution >= 0.6 is 0 Å². The molecule has 7 heteroatoms. The Hall–Kier alpha value is -3.61. The molecule has 0 unspecified atom stereocenters. The fourth-order valence-electron chi connectivity index (χ4n) is 3.22. The Morgan fingerprint density at radius 2 is 2.00 bits per heavy atom. The van der Waals surface area contributed by atoms with Gasteiger partial charge in [-0.3, -0.25) is 4.79 Å². The summed E-state index contributed by atoms with van der Waals surface area (Å²) in [6.45, 7) is 5.89. The Labute approximate surface area is 166 Å². The number of rotatable bonds is 5. The highest BCUT2D eigenvalue weighted by Gasteiger charge is 2.23. The molecule has 0 aliphatic heterocycles. The van der Waals surface area contributed by atoms with E-state index in [1.165, 1.54) is 0 Å². The van der Waals surface area contributed by atoms with Gasteiger partial charge in [0.15, 0.2) is 11.9 Å². The summed E-state index contributed by atoms with van der Waals surface area (Å²) in [6, 6.07) is 12.4. The highest BCUT2D eigenvalue weighted by Crippen LogP contribution is 2.30. The number of fused-ring (bicyclic) bond motifs is 2. The molecule has 0 aliphatic rings. The van der Waals surface area contributed by atoms with Crippen LogP contribution in [0.25, 0.3) is 21.9 Å². The fraction of sp³-hybridized carbons (Fsp3) is 0.227. The lowest BCUT2D eigenvalue weighted by Crippen LogP contribution is -2.17. The molecule has 0 amide bonds. The molecule has 148 valence electrons. The smallest absolute Gasteiger partial charge is 0.375 e. The second-order valence-corrected chi connectivity index (χ2v) is 6.66. The van der Waals surface area contributed by atoms with Crippen molar-refractivity contribution < 1.29 is 18.7 Å². The molecule has 0 fully saturated rings. The molecule has 1 atom stereocenters. The second kappa shape index (κ2) is 7.43. The van der Waals surface area contributed by atoms with Crippen molar-refractivity contribution in [3.8, 4) is 5.75 Å². The Kier molecular flexibility index (Phi) is 4.80. The van der Waals surface area contributed by atoms with Crippen LogP contribution in [0.15, 0.2) is 51.7 Å². The van der Waals surface area contributed by atoms with Gasteiger partial charge in [0.2, 0.25) is 5.76 Å². The number of aryl methyl sites for hydroxylation is 1. The number of para-hydroxylation sites is 1. The van der Waals surface area contributed by atoms with Gasteiger partial charge in [-0.05, 0) is 51.1 Å². The standard InChI is InChI=1S/C22H20N2O5/c1-4-27-14-9-10-18-16(11-14)12(2)19(29-18)22(26)28-13(3)20-23-17-8-6-5-7-15(17)21(25)24-20/h5-11,13H,4H2,1-3H3,(H,23,24,25)/t13-/m0/s1. The lowest BCUT2D eigenvalue weighted by Gasteiger charge is -2.12. The van der Waals surface area contributed by atoms with Gasteiger partial charge < -0.3 is 18.9 Å². The minimum Gasteiger partial charge on any atom is -0.494 e. The Morgan fingerprint density at radius 1 is 1.21 bits per heavy atom. The van der Waals surface area contributed by atoms with Gasteiger partial charge in [0, 0.05) is 10.9 Å². The summed E-state index contributed by atoms with van der Waals surface area (Å²) in [4.78, 5) is 32.0. The number of esters is 1.